The van der Waals surface area contributed by atoms with Crippen molar-refractivity contribution in [1.29, 1.82) is 0 Å². The first-order valence-corrected chi connectivity index (χ1v) is 11.7. The highest BCUT2D eigenvalue weighted by Gasteiger charge is 2.53. The summed E-state index contributed by atoms with van der Waals surface area (Å²) in [6, 6.07) is 10.3. The number of carboxylic acid groups (broad SMARTS) is 1. The van der Waals surface area contributed by atoms with Gasteiger partial charge in [0.25, 0.3) is 5.56 Å². The van der Waals surface area contributed by atoms with Crippen LogP contribution in [0.3, 0.4) is 0 Å². The van der Waals surface area contributed by atoms with E-state index in [1.165, 1.54) is 12.4 Å². The predicted octanol–water partition coefficient (Wildman–Crippen LogP) is 4.03. The molecule has 0 atom stereocenters. The summed E-state index contributed by atoms with van der Waals surface area (Å²) in [4.78, 5) is 33.0. The molecule has 3 N–H and O–H groups in total. The number of aryl methyl sites for hydroxylation is 1. The van der Waals surface area contributed by atoms with Gasteiger partial charge in [0.2, 0.25) is 0 Å². The number of fused-ring (bicyclic) bond motifs is 1. The second-order valence-electron chi connectivity index (χ2n) is 9.95. The van der Waals surface area contributed by atoms with Crippen molar-refractivity contribution in [3.8, 4) is 22.4 Å². The summed E-state index contributed by atoms with van der Waals surface area (Å²) in [6.07, 6.45) is -1.47. The van der Waals surface area contributed by atoms with Crippen LogP contribution in [0.1, 0.15) is 25.3 Å². The molecule has 4 aromatic rings. The maximum Gasteiger partial charge on any atom is 0.406 e. The average molecular weight is 528 g/mol. The van der Waals surface area contributed by atoms with Gasteiger partial charge in [-0.2, -0.15) is 13.2 Å². The number of benzene rings is 1. The molecule has 9 nitrogen and oxygen atoms in total. The zero-order valence-corrected chi connectivity index (χ0v) is 20.5. The van der Waals surface area contributed by atoms with E-state index in [0.29, 0.717) is 32.5 Å². The zero-order valence-electron chi connectivity index (χ0n) is 20.5. The van der Waals surface area contributed by atoms with Crippen LogP contribution in [0.25, 0.3) is 33.4 Å². The first-order valence-electron chi connectivity index (χ1n) is 11.7. The molecule has 1 saturated carbocycles. The quantitative estimate of drug-likeness (QED) is 0.360. The SMILES string of the molecule is Cn1c(-c2ccc(C3(NC(=O)O)CC(C)(O)C3)cc2)c(-c2ccncc2)c2c(=O)n(CC(F)(F)F)cnc21. The molecular weight excluding hydrogens is 503 g/mol. The molecule has 3 heterocycles. The second-order valence-corrected chi connectivity index (χ2v) is 9.95. The Kier molecular flexibility index (Phi) is 5.82. The van der Waals surface area contributed by atoms with Gasteiger partial charge >= 0.3 is 12.3 Å². The number of halogens is 3. The molecule has 1 aliphatic carbocycles. The number of amides is 1. The van der Waals surface area contributed by atoms with Crippen molar-refractivity contribution in [2.45, 2.75) is 43.6 Å². The van der Waals surface area contributed by atoms with E-state index in [1.807, 2.05) is 0 Å². The summed E-state index contributed by atoms with van der Waals surface area (Å²) >= 11 is 0. The Morgan fingerprint density at radius 2 is 1.74 bits per heavy atom. The van der Waals surface area contributed by atoms with Crippen molar-refractivity contribution in [1.82, 2.24) is 24.4 Å². The highest BCUT2D eigenvalue weighted by atomic mass is 19.4. The van der Waals surface area contributed by atoms with Crippen LogP contribution in [0.5, 0.6) is 0 Å². The molecule has 38 heavy (non-hydrogen) atoms. The van der Waals surface area contributed by atoms with E-state index >= 15 is 0 Å². The molecule has 1 aromatic carbocycles. The average Bonchev–Trinajstić information content (AvgIpc) is 3.12. The lowest BCUT2D eigenvalue weighted by atomic mass is 9.62. The minimum absolute atomic E-state index is 0.0450. The number of hydrogen-bond acceptors (Lipinski definition) is 5. The number of carbonyl (C=O) groups is 1. The Morgan fingerprint density at radius 3 is 2.29 bits per heavy atom. The summed E-state index contributed by atoms with van der Waals surface area (Å²) in [5, 5.41) is 22.2. The van der Waals surface area contributed by atoms with Crippen molar-refractivity contribution in [3.63, 3.8) is 0 Å². The number of aliphatic hydroxyl groups is 1. The fraction of sp³-hybridized carbons (Fsp3) is 0.308. The normalized spacial score (nSPS) is 21.3. The molecule has 12 heteroatoms. The van der Waals surface area contributed by atoms with Crippen molar-refractivity contribution >= 4 is 17.1 Å². The number of nitrogens with zero attached hydrogens (tertiary/aromatic N) is 4. The molecule has 0 bridgehead atoms. The summed E-state index contributed by atoms with van der Waals surface area (Å²) in [7, 11) is 1.67. The molecule has 198 valence electrons. The predicted molar refractivity (Wildman–Crippen MR) is 132 cm³/mol. The summed E-state index contributed by atoms with van der Waals surface area (Å²) in [5.41, 5.74) is 0.278. The Labute approximate surface area is 214 Å². The maximum atomic E-state index is 13.3. The second kappa shape index (κ2) is 8.69. The van der Waals surface area contributed by atoms with E-state index in [1.54, 1.807) is 54.9 Å². The first kappa shape index (κ1) is 25.5. The molecule has 0 radical (unpaired) electrons. The molecule has 1 aliphatic rings. The number of alkyl halides is 3. The third-order valence-corrected chi connectivity index (χ3v) is 6.90. The molecule has 0 spiro atoms. The third-order valence-electron chi connectivity index (χ3n) is 6.90. The van der Waals surface area contributed by atoms with Crippen molar-refractivity contribution in [2.75, 3.05) is 0 Å². The van der Waals surface area contributed by atoms with Gasteiger partial charge in [-0.05, 0) is 35.7 Å². The highest BCUT2D eigenvalue weighted by Crippen LogP contribution is 2.48. The van der Waals surface area contributed by atoms with E-state index in [-0.39, 0.29) is 23.9 Å². The van der Waals surface area contributed by atoms with Gasteiger partial charge in [0.1, 0.15) is 18.5 Å². The fourth-order valence-electron chi connectivity index (χ4n) is 5.55. The topological polar surface area (TPSA) is 122 Å². The van der Waals surface area contributed by atoms with Gasteiger partial charge in [-0.3, -0.25) is 14.3 Å². The summed E-state index contributed by atoms with van der Waals surface area (Å²) < 4.78 is 41.6. The summed E-state index contributed by atoms with van der Waals surface area (Å²) in [5.74, 6) is 0. The van der Waals surface area contributed by atoms with E-state index in [0.717, 1.165) is 6.33 Å². The Morgan fingerprint density at radius 1 is 1.11 bits per heavy atom. The lowest BCUT2D eigenvalue weighted by Gasteiger charge is -2.51. The zero-order chi connectivity index (χ0) is 27.5. The Bertz CT molecular complexity index is 1580. The van der Waals surface area contributed by atoms with Crippen molar-refractivity contribution in [2.24, 2.45) is 7.05 Å². The maximum absolute atomic E-state index is 13.3. The smallest absolute Gasteiger partial charge is 0.406 e. The highest BCUT2D eigenvalue weighted by molar-refractivity contribution is 6.02. The number of nitrogens with one attached hydrogen (secondary N) is 1. The van der Waals surface area contributed by atoms with E-state index in [9.17, 15) is 33.0 Å². The third kappa shape index (κ3) is 4.40. The van der Waals surface area contributed by atoms with Crippen molar-refractivity contribution < 1.29 is 28.2 Å². The molecule has 0 unspecified atom stereocenters. The molecular formula is C26H24F3N5O4. The van der Waals surface area contributed by atoms with E-state index in [2.05, 4.69) is 15.3 Å². The van der Waals surface area contributed by atoms with Crippen LogP contribution in [0.2, 0.25) is 0 Å². The number of pyridine rings is 1. The number of rotatable bonds is 5. The van der Waals surface area contributed by atoms with Crippen LogP contribution >= 0.6 is 0 Å². The van der Waals surface area contributed by atoms with Gasteiger partial charge in [0.15, 0.2) is 0 Å². The first-order chi connectivity index (χ1) is 17.8. The van der Waals surface area contributed by atoms with Crippen LogP contribution in [-0.4, -0.2) is 47.2 Å². The molecule has 0 aliphatic heterocycles. The Hall–Kier alpha value is -4.19. The van der Waals surface area contributed by atoms with Crippen LogP contribution in [0.15, 0.2) is 59.9 Å². The van der Waals surface area contributed by atoms with Gasteiger partial charge in [-0.25, -0.2) is 9.78 Å². The molecule has 1 fully saturated rings. The molecule has 5 rings (SSSR count). The largest absolute Gasteiger partial charge is 0.465 e. The number of aromatic nitrogens is 4. The van der Waals surface area contributed by atoms with Gasteiger partial charge < -0.3 is 20.1 Å². The monoisotopic (exact) mass is 527 g/mol. The van der Waals surface area contributed by atoms with Gasteiger partial charge in [0.05, 0.1) is 22.2 Å². The standard InChI is InChI=1S/C26H24F3N5O4/c1-24(38)11-25(12-24,32-23(36)37)17-5-3-16(4-6-17)20-18(15-7-9-30-10-8-15)19-21(33(20)2)31-14-34(22(19)35)13-26(27,28)29/h3-10,14,32,38H,11-13H2,1-2H3,(H,36,37). The van der Waals surface area contributed by atoms with Gasteiger partial charge in [-0.15, -0.1) is 0 Å². The number of hydrogen-bond donors (Lipinski definition) is 3. The minimum atomic E-state index is -4.60. The van der Waals surface area contributed by atoms with Crippen LogP contribution < -0.4 is 10.9 Å². The van der Waals surface area contributed by atoms with Gasteiger partial charge in [0, 0.05) is 37.8 Å². The molecule has 1 amide bonds. The van der Waals surface area contributed by atoms with Crippen LogP contribution in [0.4, 0.5) is 18.0 Å². The van der Waals surface area contributed by atoms with E-state index < -0.39 is 35.5 Å². The minimum Gasteiger partial charge on any atom is -0.465 e. The summed E-state index contributed by atoms with van der Waals surface area (Å²) in [6.45, 7) is 0.171. The lowest BCUT2D eigenvalue weighted by Crippen LogP contribution is -2.61. The molecule has 0 saturated heterocycles. The fourth-order valence-corrected chi connectivity index (χ4v) is 5.55. The molecule has 3 aromatic heterocycles. The lowest BCUT2D eigenvalue weighted by molar-refractivity contribution is -0.141. The Balaban J connectivity index is 1.69. The van der Waals surface area contributed by atoms with Crippen LogP contribution in [0, 0.1) is 0 Å². The van der Waals surface area contributed by atoms with Gasteiger partial charge in [-0.1, -0.05) is 24.3 Å². The van der Waals surface area contributed by atoms with E-state index in [4.69, 9.17) is 0 Å². The van der Waals surface area contributed by atoms with Crippen LogP contribution in [-0.2, 0) is 19.1 Å². The van der Waals surface area contributed by atoms with Crippen molar-refractivity contribution in [3.05, 3.63) is 71.0 Å².